The van der Waals surface area contributed by atoms with Gasteiger partial charge in [0.1, 0.15) is 11.5 Å². The van der Waals surface area contributed by atoms with Crippen molar-refractivity contribution in [2.75, 3.05) is 6.61 Å². The molecular formula is C26H23F4NO4. The predicted molar refractivity (Wildman–Crippen MR) is 119 cm³/mol. The Morgan fingerprint density at radius 1 is 1.11 bits per heavy atom. The molecule has 1 unspecified atom stereocenters. The van der Waals surface area contributed by atoms with Crippen LogP contribution in [0.5, 0.6) is 11.5 Å². The summed E-state index contributed by atoms with van der Waals surface area (Å²) >= 11 is 0. The quantitative estimate of drug-likeness (QED) is 0.365. The van der Waals surface area contributed by atoms with Gasteiger partial charge in [0.05, 0.1) is 18.6 Å². The van der Waals surface area contributed by atoms with E-state index in [0.29, 0.717) is 29.9 Å². The summed E-state index contributed by atoms with van der Waals surface area (Å²) in [6, 6.07) is 10.2. The van der Waals surface area contributed by atoms with Gasteiger partial charge in [-0.15, -0.1) is 0 Å². The van der Waals surface area contributed by atoms with E-state index >= 15 is 0 Å². The van der Waals surface area contributed by atoms with Crippen LogP contribution in [0.3, 0.4) is 0 Å². The molecule has 0 radical (unpaired) electrons. The summed E-state index contributed by atoms with van der Waals surface area (Å²) in [6.45, 7) is 0.380. The van der Waals surface area contributed by atoms with E-state index in [1.165, 1.54) is 24.4 Å². The normalized spacial score (nSPS) is 16.1. The fourth-order valence-electron chi connectivity index (χ4n) is 4.57. The first-order valence-electron chi connectivity index (χ1n) is 11.1. The highest BCUT2D eigenvalue weighted by atomic mass is 19.4. The number of phenols is 1. The molecule has 2 N–H and O–H groups in total. The van der Waals surface area contributed by atoms with Crippen molar-refractivity contribution >= 4 is 5.97 Å². The van der Waals surface area contributed by atoms with Gasteiger partial charge < -0.3 is 14.9 Å². The number of ether oxygens (including phenoxy) is 1. The van der Waals surface area contributed by atoms with Crippen molar-refractivity contribution in [3.05, 3.63) is 88.0 Å². The fraction of sp³-hybridized carbons (Fsp3) is 0.308. The second kappa shape index (κ2) is 9.93. The van der Waals surface area contributed by atoms with Crippen molar-refractivity contribution in [3.8, 4) is 11.5 Å². The number of aliphatic carboxylic acids is 1. The maximum absolute atomic E-state index is 13.2. The molecule has 1 aromatic heterocycles. The number of aromatic nitrogens is 1. The van der Waals surface area contributed by atoms with Crippen LogP contribution >= 0.6 is 0 Å². The fourth-order valence-corrected chi connectivity index (χ4v) is 4.57. The number of carboxylic acid groups (broad SMARTS) is 1. The molecule has 0 spiro atoms. The topological polar surface area (TPSA) is 79.7 Å². The largest absolute Gasteiger partial charge is 0.508 e. The van der Waals surface area contributed by atoms with E-state index in [-0.39, 0.29) is 24.5 Å². The van der Waals surface area contributed by atoms with Crippen molar-refractivity contribution in [2.45, 2.75) is 44.2 Å². The summed E-state index contributed by atoms with van der Waals surface area (Å²) in [7, 11) is 0. The Hall–Kier alpha value is -3.62. The summed E-state index contributed by atoms with van der Waals surface area (Å²) < 4.78 is 57.7. The Labute approximate surface area is 199 Å². The third-order valence-electron chi connectivity index (χ3n) is 6.17. The zero-order valence-electron chi connectivity index (χ0n) is 18.6. The first-order valence-corrected chi connectivity index (χ1v) is 11.1. The molecule has 35 heavy (non-hydrogen) atoms. The van der Waals surface area contributed by atoms with Crippen molar-refractivity contribution in [3.63, 3.8) is 0 Å². The maximum Gasteiger partial charge on any atom is 0.416 e. The standard InChI is InChI=1S/C16H13F4N.C10H10O4/c17-15-7-4-10(9-21-15)8-13-12-3-1-2-11(12)5-6-14(13)16(18,19)20;11-7-1-2-8-6(3-10(12)13)5-14-9(8)4-7/h4-7,9H,1-3,8H2;1-2,4,6,11H,3,5H2,(H,12,13). The van der Waals surface area contributed by atoms with E-state index in [0.717, 1.165) is 35.6 Å². The molecule has 0 fully saturated rings. The number of aromatic hydroxyl groups is 1. The molecule has 5 rings (SSSR count). The summed E-state index contributed by atoms with van der Waals surface area (Å²) in [6.07, 6.45) is -0.510. The van der Waals surface area contributed by atoms with Crippen LogP contribution in [-0.4, -0.2) is 27.8 Å². The minimum Gasteiger partial charge on any atom is -0.508 e. The van der Waals surface area contributed by atoms with Gasteiger partial charge in [0, 0.05) is 23.7 Å². The van der Waals surface area contributed by atoms with E-state index < -0.39 is 23.7 Å². The molecule has 2 aromatic carbocycles. The lowest BCUT2D eigenvalue weighted by Crippen LogP contribution is -2.12. The lowest BCUT2D eigenvalue weighted by atomic mass is 9.92. The number of aryl methyl sites for hydroxylation is 1. The van der Waals surface area contributed by atoms with Crippen LogP contribution in [0.15, 0.2) is 48.7 Å². The highest BCUT2D eigenvalue weighted by Crippen LogP contribution is 2.39. The maximum atomic E-state index is 13.2. The van der Waals surface area contributed by atoms with E-state index in [9.17, 15) is 22.4 Å². The second-order valence-electron chi connectivity index (χ2n) is 8.57. The molecule has 1 aliphatic heterocycles. The monoisotopic (exact) mass is 489 g/mol. The molecule has 2 aliphatic rings. The van der Waals surface area contributed by atoms with Crippen LogP contribution in [0.2, 0.25) is 0 Å². The van der Waals surface area contributed by atoms with Gasteiger partial charge in [-0.2, -0.15) is 17.6 Å². The molecule has 184 valence electrons. The highest BCUT2D eigenvalue weighted by Gasteiger charge is 2.35. The highest BCUT2D eigenvalue weighted by molar-refractivity contribution is 5.68. The molecular weight excluding hydrogens is 466 g/mol. The van der Waals surface area contributed by atoms with Gasteiger partial charge in [-0.05, 0) is 66.1 Å². The van der Waals surface area contributed by atoms with E-state index in [4.69, 9.17) is 14.9 Å². The van der Waals surface area contributed by atoms with Gasteiger partial charge in [-0.3, -0.25) is 4.79 Å². The molecule has 2 heterocycles. The zero-order chi connectivity index (χ0) is 25.2. The van der Waals surface area contributed by atoms with Crippen LogP contribution in [0.4, 0.5) is 17.6 Å². The number of benzene rings is 2. The summed E-state index contributed by atoms with van der Waals surface area (Å²) in [5, 5.41) is 17.8. The molecule has 0 saturated carbocycles. The molecule has 0 bridgehead atoms. The molecule has 0 saturated heterocycles. The van der Waals surface area contributed by atoms with Gasteiger partial charge in [0.2, 0.25) is 5.95 Å². The SMILES string of the molecule is Fc1ccc(Cc2c(C(F)(F)F)ccc3c2CCC3)cn1.O=C(O)CC1COc2cc(O)ccc21. The molecule has 3 aromatic rings. The van der Waals surface area contributed by atoms with E-state index in [1.807, 2.05) is 0 Å². The first kappa shape index (κ1) is 24.5. The van der Waals surface area contributed by atoms with Crippen LogP contribution in [0.1, 0.15) is 52.1 Å². The van der Waals surface area contributed by atoms with Gasteiger partial charge >= 0.3 is 12.1 Å². The molecule has 1 atom stereocenters. The van der Waals surface area contributed by atoms with Crippen LogP contribution in [0.25, 0.3) is 0 Å². The van der Waals surface area contributed by atoms with E-state index in [1.54, 1.807) is 18.2 Å². The minimum atomic E-state index is -4.37. The number of pyridine rings is 1. The summed E-state index contributed by atoms with van der Waals surface area (Å²) in [5.74, 6) is -0.827. The lowest BCUT2D eigenvalue weighted by Gasteiger charge is -2.17. The van der Waals surface area contributed by atoms with Crippen LogP contribution < -0.4 is 4.74 Å². The lowest BCUT2D eigenvalue weighted by molar-refractivity contribution is -0.138. The van der Waals surface area contributed by atoms with Gasteiger partial charge in [0.25, 0.3) is 0 Å². The van der Waals surface area contributed by atoms with Crippen LogP contribution in [-0.2, 0) is 30.2 Å². The second-order valence-corrected chi connectivity index (χ2v) is 8.57. The van der Waals surface area contributed by atoms with Crippen molar-refractivity contribution in [1.82, 2.24) is 4.98 Å². The van der Waals surface area contributed by atoms with Crippen molar-refractivity contribution in [2.24, 2.45) is 0 Å². The summed E-state index contributed by atoms with van der Waals surface area (Å²) in [5.41, 5.74) is 2.97. The minimum absolute atomic E-state index is 0.0672. The van der Waals surface area contributed by atoms with E-state index in [2.05, 4.69) is 4.98 Å². The van der Waals surface area contributed by atoms with Crippen molar-refractivity contribution in [1.29, 1.82) is 0 Å². The Morgan fingerprint density at radius 2 is 1.91 bits per heavy atom. The number of alkyl halides is 3. The van der Waals surface area contributed by atoms with Crippen molar-refractivity contribution < 1.29 is 37.3 Å². The number of nitrogens with zero attached hydrogens (tertiary/aromatic N) is 1. The number of hydrogen-bond donors (Lipinski definition) is 2. The Kier molecular flexibility index (Phi) is 6.95. The smallest absolute Gasteiger partial charge is 0.416 e. The Balaban J connectivity index is 0.000000179. The first-order chi connectivity index (χ1) is 16.6. The number of carbonyl (C=O) groups is 1. The number of carboxylic acids is 1. The average Bonchev–Trinajstić information content (AvgIpc) is 3.42. The molecule has 5 nitrogen and oxygen atoms in total. The molecule has 1 aliphatic carbocycles. The van der Waals surface area contributed by atoms with Gasteiger partial charge in [0.15, 0.2) is 0 Å². The zero-order valence-corrected chi connectivity index (χ0v) is 18.6. The Bertz CT molecular complexity index is 1230. The third-order valence-corrected chi connectivity index (χ3v) is 6.17. The molecule has 0 amide bonds. The predicted octanol–water partition coefficient (Wildman–Crippen LogP) is 5.66. The Morgan fingerprint density at radius 3 is 2.60 bits per heavy atom. The number of rotatable bonds is 4. The van der Waals surface area contributed by atoms with Gasteiger partial charge in [-0.1, -0.05) is 18.2 Å². The number of halogens is 4. The number of fused-ring (bicyclic) bond motifs is 2. The number of phenolic OH excluding ortho intramolecular Hbond substituents is 1. The third kappa shape index (κ3) is 5.72. The van der Waals surface area contributed by atoms with Gasteiger partial charge in [-0.25, -0.2) is 4.98 Å². The van der Waals surface area contributed by atoms with Crippen LogP contribution in [0, 0.1) is 5.95 Å². The summed E-state index contributed by atoms with van der Waals surface area (Å²) in [4.78, 5) is 14.0. The number of hydrogen-bond acceptors (Lipinski definition) is 4. The molecule has 9 heteroatoms. The average molecular weight is 489 g/mol.